The summed E-state index contributed by atoms with van der Waals surface area (Å²) in [6.45, 7) is 2.00. The van der Waals surface area contributed by atoms with Crippen LogP contribution in [0.3, 0.4) is 0 Å². The van der Waals surface area contributed by atoms with E-state index in [1.807, 2.05) is 73.7 Å². The highest BCUT2D eigenvalue weighted by Crippen LogP contribution is 2.37. The minimum atomic E-state index is -0.631. The van der Waals surface area contributed by atoms with Gasteiger partial charge < -0.3 is 14.2 Å². The molecule has 0 bridgehead atoms. The molecule has 0 saturated heterocycles. The van der Waals surface area contributed by atoms with E-state index in [0.717, 1.165) is 16.7 Å². The third-order valence-corrected chi connectivity index (χ3v) is 6.21. The molecule has 0 aromatic heterocycles. The van der Waals surface area contributed by atoms with Crippen molar-refractivity contribution < 1.29 is 23.8 Å². The molecule has 0 amide bonds. The molecule has 0 saturated carbocycles. The highest BCUT2D eigenvalue weighted by Gasteiger charge is 2.18. The van der Waals surface area contributed by atoms with Gasteiger partial charge in [0.2, 0.25) is 0 Å². The van der Waals surface area contributed by atoms with E-state index >= 15 is 0 Å². The predicted octanol–water partition coefficient (Wildman–Crippen LogP) is 7.05. The van der Waals surface area contributed by atoms with Crippen molar-refractivity contribution >= 4 is 27.7 Å². The molecule has 182 valence electrons. The molecular weight excluding hydrogens is 520 g/mol. The van der Waals surface area contributed by atoms with E-state index in [1.165, 1.54) is 18.7 Å². The molecule has 36 heavy (non-hydrogen) atoms. The van der Waals surface area contributed by atoms with Crippen LogP contribution in [0.15, 0.2) is 95.5 Å². The van der Waals surface area contributed by atoms with Gasteiger partial charge in [0.05, 0.1) is 17.1 Å². The summed E-state index contributed by atoms with van der Waals surface area (Å²) >= 11 is 3.46. The number of ether oxygens (including phenoxy) is 3. The predicted molar refractivity (Wildman–Crippen MR) is 143 cm³/mol. The van der Waals surface area contributed by atoms with E-state index in [4.69, 9.17) is 14.2 Å². The maximum atomic E-state index is 12.7. The van der Waals surface area contributed by atoms with E-state index in [2.05, 4.69) is 15.9 Å². The highest BCUT2D eigenvalue weighted by molar-refractivity contribution is 9.10. The monoisotopic (exact) mass is 544 g/mol. The summed E-state index contributed by atoms with van der Waals surface area (Å²) in [7, 11) is 1.50. The van der Waals surface area contributed by atoms with Gasteiger partial charge >= 0.3 is 5.97 Å². The Bertz CT molecular complexity index is 1350. The molecule has 0 aliphatic carbocycles. The first-order chi connectivity index (χ1) is 17.4. The normalized spacial score (nSPS) is 10.5. The van der Waals surface area contributed by atoms with Gasteiger partial charge in [0.15, 0.2) is 23.9 Å². The topological polar surface area (TPSA) is 61.8 Å². The number of ketones is 1. The van der Waals surface area contributed by atoms with Crippen LogP contribution in [0.1, 0.15) is 31.8 Å². The lowest BCUT2D eigenvalue weighted by molar-refractivity contribution is 0.0474. The standard InChI is InChI=1S/C30H25BrO5/c1-20-8-10-21(11-9-20)18-35-29-26(31)16-25(17-28(29)34-2)30(33)36-19-27(32)24-14-12-23(13-15-24)22-6-4-3-5-7-22/h3-17H,18-19H2,1-2H3. The van der Waals surface area contributed by atoms with Crippen LogP contribution in [0.4, 0.5) is 0 Å². The van der Waals surface area contributed by atoms with Crippen LogP contribution < -0.4 is 9.47 Å². The van der Waals surface area contributed by atoms with Crippen molar-refractivity contribution in [1.29, 1.82) is 0 Å². The fraction of sp³-hybridized carbons (Fsp3) is 0.133. The zero-order chi connectivity index (χ0) is 25.5. The Morgan fingerprint density at radius 3 is 2.14 bits per heavy atom. The second kappa shape index (κ2) is 11.7. The van der Waals surface area contributed by atoms with E-state index in [9.17, 15) is 9.59 Å². The van der Waals surface area contributed by atoms with Gasteiger partial charge in [-0.3, -0.25) is 4.79 Å². The van der Waals surface area contributed by atoms with Gasteiger partial charge in [-0.1, -0.05) is 84.4 Å². The van der Waals surface area contributed by atoms with E-state index in [-0.39, 0.29) is 18.0 Å². The number of hydrogen-bond donors (Lipinski definition) is 0. The van der Waals surface area contributed by atoms with Crippen molar-refractivity contribution in [3.63, 3.8) is 0 Å². The minimum absolute atomic E-state index is 0.244. The van der Waals surface area contributed by atoms with Crippen LogP contribution in [-0.4, -0.2) is 25.5 Å². The number of Topliss-reactive ketones (excluding diaryl/α,β-unsaturated/α-hetero) is 1. The number of aryl methyl sites for hydroxylation is 1. The van der Waals surface area contributed by atoms with Crippen LogP contribution in [0, 0.1) is 6.92 Å². The fourth-order valence-corrected chi connectivity index (χ4v) is 4.15. The SMILES string of the molecule is COc1cc(C(=O)OCC(=O)c2ccc(-c3ccccc3)cc2)cc(Br)c1OCc1ccc(C)cc1. The summed E-state index contributed by atoms with van der Waals surface area (Å²) in [6.07, 6.45) is 0. The molecule has 0 heterocycles. The minimum Gasteiger partial charge on any atom is -0.493 e. The van der Waals surface area contributed by atoms with Gasteiger partial charge in [0.1, 0.15) is 6.61 Å². The third kappa shape index (κ3) is 6.20. The first kappa shape index (κ1) is 25.2. The van der Waals surface area contributed by atoms with Crippen LogP contribution in [-0.2, 0) is 11.3 Å². The Morgan fingerprint density at radius 1 is 0.806 bits per heavy atom. The number of carbonyl (C=O) groups excluding carboxylic acids is 2. The maximum absolute atomic E-state index is 12.7. The number of hydrogen-bond acceptors (Lipinski definition) is 5. The van der Waals surface area contributed by atoms with Crippen molar-refractivity contribution in [1.82, 2.24) is 0 Å². The Hall–Kier alpha value is -3.90. The van der Waals surface area contributed by atoms with Crippen molar-refractivity contribution in [3.8, 4) is 22.6 Å². The lowest BCUT2D eigenvalue weighted by Crippen LogP contribution is -2.14. The molecule has 0 atom stereocenters. The van der Waals surface area contributed by atoms with Crippen LogP contribution in [0.5, 0.6) is 11.5 Å². The molecule has 6 heteroatoms. The van der Waals surface area contributed by atoms with E-state index < -0.39 is 5.97 Å². The van der Waals surface area contributed by atoms with Gasteiger partial charge in [-0.15, -0.1) is 0 Å². The van der Waals surface area contributed by atoms with Crippen molar-refractivity contribution in [2.24, 2.45) is 0 Å². The Balaban J connectivity index is 1.39. The molecule has 4 aromatic rings. The Kier molecular flexibility index (Phi) is 8.18. The first-order valence-corrected chi connectivity index (χ1v) is 12.2. The first-order valence-electron chi connectivity index (χ1n) is 11.4. The van der Waals surface area contributed by atoms with Crippen molar-refractivity contribution in [2.45, 2.75) is 13.5 Å². The molecule has 4 aromatic carbocycles. The van der Waals surface area contributed by atoms with Gasteiger partial charge in [-0.25, -0.2) is 4.79 Å². The summed E-state index contributed by atoms with van der Waals surface area (Å²) in [5.41, 5.74) is 4.96. The molecule has 0 N–H and O–H groups in total. The van der Waals surface area contributed by atoms with Gasteiger partial charge in [-0.2, -0.15) is 0 Å². The maximum Gasteiger partial charge on any atom is 0.338 e. The number of methoxy groups -OCH3 is 1. The average molecular weight is 545 g/mol. The zero-order valence-corrected chi connectivity index (χ0v) is 21.6. The molecule has 0 unspecified atom stereocenters. The summed E-state index contributed by atoms with van der Waals surface area (Å²) in [5.74, 6) is -0.0594. The van der Waals surface area contributed by atoms with Crippen molar-refractivity contribution in [2.75, 3.05) is 13.7 Å². The molecule has 5 nitrogen and oxygen atoms in total. The zero-order valence-electron chi connectivity index (χ0n) is 20.0. The number of benzene rings is 4. The highest BCUT2D eigenvalue weighted by atomic mass is 79.9. The van der Waals surface area contributed by atoms with Crippen LogP contribution in [0.2, 0.25) is 0 Å². The van der Waals surface area contributed by atoms with Crippen molar-refractivity contribution in [3.05, 3.63) is 118 Å². The van der Waals surface area contributed by atoms with E-state index in [0.29, 0.717) is 28.1 Å². The quantitative estimate of drug-likeness (QED) is 0.167. The van der Waals surface area contributed by atoms with Crippen LogP contribution >= 0.6 is 15.9 Å². The molecule has 0 aliphatic heterocycles. The van der Waals surface area contributed by atoms with Crippen LogP contribution in [0.25, 0.3) is 11.1 Å². The lowest BCUT2D eigenvalue weighted by atomic mass is 10.0. The van der Waals surface area contributed by atoms with Gasteiger partial charge in [-0.05, 0) is 51.7 Å². The largest absolute Gasteiger partial charge is 0.493 e. The molecule has 0 radical (unpaired) electrons. The second-order valence-corrected chi connectivity index (χ2v) is 9.06. The summed E-state index contributed by atoms with van der Waals surface area (Å²) in [6, 6.07) is 28.3. The number of carbonyl (C=O) groups is 2. The summed E-state index contributed by atoms with van der Waals surface area (Å²) < 4.78 is 17.2. The Morgan fingerprint density at radius 2 is 1.47 bits per heavy atom. The number of halogens is 1. The molecule has 0 fully saturated rings. The Labute approximate surface area is 218 Å². The van der Waals surface area contributed by atoms with Gasteiger partial charge in [0, 0.05) is 5.56 Å². The molecule has 0 aliphatic rings. The number of rotatable bonds is 9. The second-order valence-electron chi connectivity index (χ2n) is 8.21. The third-order valence-electron chi connectivity index (χ3n) is 5.62. The fourth-order valence-electron chi connectivity index (χ4n) is 3.59. The lowest BCUT2D eigenvalue weighted by Gasteiger charge is -2.14. The molecular formula is C30H25BrO5. The molecule has 0 spiro atoms. The van der Waals surface area contributed by atoms with Gasteiger partial charge in [0.25, 0.3) is 0 Å². The summed E-state index contributed by atoms with van der Waals surface area (Å²) in [5, 5.41) is 0. The number of esters is 1. The molecule has 4 rings (SSSR count). The van der Waals surface area contributed by atoms with E-state index in [1.54, 1.807) is 18.2 Å². The average Bonchev–Trinajstić information content (AvgIpc) is 2.92. The smallest absolute Gasteiger partial charge is 0.338 e. The summed E-state index contributed by atoms with van der Waals surface area (Å²) in [4.78, 5) is 25.3.